The van der Waals surface area contributed by atoms with E-state index in [1.807, 2.05) is 60.5 Å². The number of halogens is 25. The molecule has 0 saturated heterocycles. The summed E-state index contributed by atoms with van der Waals surface area (Å²) in [5, 5.41) is 0. The van der Waals surface area contributed by atoms with Gasteiger partial charge in [0, 0.05) is 12.5 Å². The molecular formula is C49H92BF25N13O7P3S3. The third-order valence-corrected chi connectivity index (χ3v) is 12.3. The Labute approximate surface area is 571 Å². The normalized spacial score (nSPS) is 13.5. The zero-order chi connectivity index (χ0) is 81.4. The van der Waals surface area contributed by atoms with Crippen LogP contribution in [0.4, 0.5) is 106 Å². The molecule has 0 N–H and O–H groups in total. The summed E-state index contributed by atoms with van der Waals surface area (Å²) < 4.78 is 345. The first-order chi connectivity index (χ1) is 44.3. The molecule has 101 heavy (non-hydrogen) atoms. The summed E-state index contributed by atoms with van der Waals surface area (Å²) in [6.07, 6.45) is 51.5. The number of hydrogen-bond acceptors (Lipinski definition) is 7. The Morgan fingerprint density at radius 1 is 0.366 bits per heavy atom. The predicted molar refractivity (Wildman–Crippen MR) is 334 cm³/mol. The predicted octanol–water partition coefficient (Wildman–Crippen LogP) is 16.7. The Morgan fingerprint density at radius 2 is 0.535 bits per heavy atom. The molecule has 0 unspecified atom stereocenters. The minimum atomic E-state index is -10.7. The first-order valence-electron chi connectivity index (χ1n) is 29.1. The molecule has 0 bridgehead atoms. The molecule has 0 saturated carbocycles. The van der Waals surface area contributed by atoms with Crippen molar-refractivity contribution in [2.24, 2.45) is 42.3 Å². The number of unbranched alkanes of at least 4 members (excludes halogenated alkanes) is 7. The molecule has 0 aliphatic heterocycles. The molecule has 0 amide bonds. The van der Waals surface area contributed by atoms with Crippen LogP contribution >= 0.6 is 23.4 Å². The number of imidazole rings is 6. The fourth-order valence-corrected chi connectivity index (χ4v) is 7.74. The summed E-state index contributed by atoms with van der Waals surface area (Å²) in [7, 11) is -40.1. The van der Waals surface area contributed by atoms with Crippen LogP contribution in [0.2, 0.25) is 0 Å². The number of alkyl halides is 3. The molecule has 0 aliphatic rings. The Kier molecular flexibility index (Phi) is 44.3. The van der Waals surface area contributed by atoms with E-state index in [-0.39, 0.29) is 6.26 Å². The van der Waals surface area contributed by atoms with Crippen molar-refractivity contribution in [3.05, 3.63) is 116 Å². The summed E-state index contributed by atoms with van der Waals surface area (Å²) in [4.78, 5) is 0. The SMILES string of the molecule is CCCCCCn1cc[n+](C)c1.CCCCCCn1cc[n+](C)c1.CCCCn1cc[n+](C)c1.CCn1cc[n+](C)c1.CCn1cc[n+](C)c1.CCn1cc[n+](C)c1.CS(=O)(=O)[N-]S(=O)(=O)C(F)(F)F.CS(=O)(=O)[O-].F[B-](F)(F)F.F[P-](F)(F)(F)(F)F.F[P-](F)(F)(F)(F)F.F[P-](F)(F)(F)(F)F. The van der Waals surface area contributed by atoms with Gasteiger partial charge in [-0.3, -0.25) is 0 Å². The number of aromatic nitrogens is 12. The molecule has 0 aliphatic carbocycles. The van der Waals surface area contributed by atoms with Crippen LogP contribution in [0.25, 0.3) is 4.13 Å². The number of sulfonamides is 2. The van der Waals surface area contributed by atoms with Crippen molar-refractivity contribution in [1.29, 1.82) is 0 Å². The van der Waals surface area contributed by atoms with Crippen LogP contribution in [0.1, 0.15) is 106 Å². The zero-order valence-corrected chi connectivity index (χ0v) is 62.6. The van der Waals surface area contributed by atoms with Gasteiger partial charge in [-0.05, 0) is 52.9 Å². The summed E-state index contributed by atoms with van der Waals surface area (Å²) in [5.41, 5.74) is -5.67. The topological polar surface area (TPSA) is 192 Å². The molecule has 6 heterocycles. The minimum absolute atomic E-state index is 0.246. The zero-order valence-electron chi connectivity index (χ0n) is 57.5. The van der Waals surface area contributed by atoms with Crippen LogP contribution in [-0.2, 0) is 112 Å². The molecule has 606 valence electrons. The average Bonchev–Trinajstić information content (AvgIpc) is 1.25. The molecular weight excluding hydrogens is 1560 g/mol. The molecule has 6 rings (SSSR count). The second-order valence-electron chi connectivity index (χ2n) is 21.0. The summed E-state index contributed by atoms with van der Waals surface area (Å²) in [6, 6.07) is 0. The molecule has 6 aromatic heterocycles. The van der Waals surface area contributed by atoms with Crippen LogP contribution in [-0.4, -0.2) is 82.5 Å². The molecule has 0 aromatic carbocycles. The van der Waals surface area contributed by atoms with Crippen molar-refractivity contribution in [2.75, 3.05) is 12.5 Å². The number of nitrogens with zero attached hydrogens (tertiary/aromatic N) is 13. The van der Waals surface area contributed by atoms with Crippen LogP contribution in [0, 0.1) is 0 Å². The van der Waals surface area contributed by atoms with Gasteiger partial charge in [0.05, 0.1) is 102 Å². The van der Waals surface area contributed by atoms with Gasteiger partial charge < -0.3 is 25.9 Å². The van der Waals surface area contributed by atoms with Crippen molar-refractivity contribution in [1.82, 2.24) is 27.4 Å². The van der Waals surface area contributed by atoms with Gasteiger partial charge in [-0.25, -0.2) is 80.1 Å². The van der Waals surface area contributed by atoms with Crippen molar-refractivity contribution in [3.8, 4) is 0 Å². The number of aryl methyl sites for hydroxylation is 12. The van der Waals surface area contributed by atoms with E-state index in [0.717, 1.165) is 26.2 Å². The maximum absolute atomic E-state index is 11.4. The molecule has 52 heteroatoms. The van der Waals surface area contributed by atoms with Crippen LogP contribution < -0.4 is 27.4 Å². The van der Waals surface area contributed by atoms with Crippen molar-refractivity contribution < 1.29 is 163 Å². The van der Waals surface area contributed by atoms with Crippen molar-refractivity contribution in [3.63, 3.8) is 0 Å². The third kappa shape index (κ3) is 111. The summed E-state index contributed by atoms with van der Waals surface area (Å²) in [5.74, 6) is 0. The van der Waals surface area contributed by atoms with Gasteiger partial charge in [0.1, 0.15) is 74.4 Å². The van der Waals surface area contributed by atoms with Gasteiger partial charge in [0.25, 0.3) is 0 Å². The number of hydrogen-bond donors (Lipinski definition) is 0. The molecule has 20 nitrogen and oxygen atoms in total. The Balaban J connectivity index is -0.000000246. The standard InChI is InChI=1S/2C10H19N2.C8H15N2.3C6H11N2.C2H3F3NO4S2.CH4O3S.BF4.3F6P/c2*1-3-4-5-6-7-12-9-8-11(2)10-12;1-3-4-5-10-7-6-9(2)8-10;3*1-3-8-5-4-7(2)6-8;1-11(7,8)6-12(9,10)2(3,4)5;1-5(2,3)4;2-1(3,4)5;3*1-7(2,3,4,5)6/h2*8-10H,3-7H2,1-2H3;6-8H,3-5H2,1-2H3;3*4-6H,3H2,1-2H3;1H3;1H3,(H,2,3,4);;;;/q6*+1;-1;;4*-1/p-1. The van der Waals surface area contributed by atoms with Gasteiger partial charge in [-0.2, -0.15) is 13.2 Å². The van der Waals surface area contributed by atoms with Gasteiger partial charge >= 0.3 is 112 Å². The molecule has 0 radical (unpaired) electrons. The Morgan fingerprint density at radius 3 is 0.644 bits per heavy atom. The van der Waals surface area contributed by atoms with Gasteiger partial charge in [-0.1, -0.05) is 52.9 Å². The van der Waals surface area contributed by atoms with Crippen LogP contribution in [0.15, 0.2) is 112 Å². The molecule has 0 atom stereocenters. The van der Waals surface area contributed by atoms with Crippen molar-refractivity contribution in [2.45, 2.75) is 151 Å². The summed E-state index contributed by atoms with van der Waals surface area (Å²) >= 11 is 0. The first kappa shape index (κ1) is 107. The molecule has 0 spiro atoms. The first-order valence-corrected chi connectivity index (χ1v) is 40.2. The van der Waals surface area contributed by atoms with Gasteiger partial charge in [0.15, 0.2) is 10.0 Å². The van der Waals surface area contributed by atoms with E-state index >= 15 is 0 Å². The quantitative estimate of drug-likeness (QED) is 0.0204. The fourth-order valence-electron chi connectivity index (χ4n) is 5.97. The van der Waals surface area contributed by atoms with E-state index in [1.54, 1.807) is 4.13 Å². The van der Waals surface area contributed by atoms with Gasteiger partial charge in [0.2, 0.25) is 38.0 Å². The molecule has 6 aromatic rings. The third-order valence-electron chi connectivity index (χ3n) is 9.87. The van der Waals surface area contributed by atoms with Gasteiger partial charge in [-0.15, -0.1) is 0 Å². The van der Waals surface area contributed by atoms with Crippen LogP contribution in [0.5, 0.6) is 0 Å². The molecule has 0 fully saturated rings. The van der Waals surface area contributed by atoms with E-state index in [4.69, 9.17) is 13.0 Å². The van der Waals surface area contributed by atoms with E-state index in [1.165, 1.54) is 77.3 Å². The monoisotopic (exact) mass is 1650 g/mol. The van der Waals surface area contributed by atoms with Crippen molar-refractivity contribution >= 4 is 60.8 Å². The summed E-state index contributed by atoms with van der Waals surface area (Å²) in [6.45, 7) is 19.7. The van der Waals surface area contributed by atoms with E-state index in [9.17, 15) is 123 Å². The van der Waals surface area contributed by atoms with E-state index in [0.29, 0.717) is 6.26 Å². The second-order valence-corrected chi connectivity index (χ2v) is 31.6. The Bertz CT molecular complexity index is 3300. The van der Waals surface area contributed by atoms with Crippen LogP contribution in [0.3, 0.4) is 0 Å². The number of rotatable bonds is 18. The average molecular weight is 1650 g/mol. The van der Waals surface area contributed by atoms with E-state index < -0.39 is 66.4 Å². The second kappa shape index (κ2) is 42.0. The fraction of sp³-hybridized carbons (Fsp3) is 0.633. The Hall–Kier alpha value is -5.37. The van der Waals surface area contributed by atoms with E-state index in [2.05, 4.69) is 190 Å². The maximum atomic E-state index is 11.4.